The Balaban J connectivity index is 1.53. The molecule has 1 amide bonds. The molecule has 3 heterocycles. The van der Waals surface area contributed by atoms with Gasteiger partial charge in [-0.1, -0.05) is 0 Å². The van der Waals surface area contributed by atoms with Crippen LogP contribution in [0.3, 0.4) is 0 Å². The molecule has 0 unspecified atom stereocenters. The number of piperazine rings is 1. The molecule has 1 aliphatic heterocycles. The summed E-state index contributed by atoms with van der Waals surface area (Å²) in [6, 6.07) is 3.84. The zero-order valence-electron chi connectivity index (χ0n) is 18.2. The normalized spacial score (nSPS) is 15.6. The zero-order valence-corrected chi connectivity index (χ0v) is 19.0. The van der Waals surface area contributed by atoms with E-state index in [1.165, 1.54) is 13.2 Å². The van der Waals surface area contributed by atoms with Gasteiger partial charge < -0.3 is 20.1 Å². The van der Waals surface area contributed by atoms with Gasteiger partial charge >= 0.3 is 18.1 Å². The van der Waals surface area contributed by atoms with Crippen LogP contribution in [0.4, 0.5) is 24.7 Å². The lowest BCUT2D eigenvalue weighted by Crippen LogP contribution is -2.49. The standard InChI is InChI=1S/C21H23F3N4O5S/c1-33-20(32)18-15(4-9-34-18)26-17(29)10-13(19(30)31)12-27-5-7-28(8-6-27)16-3-2-14(11-25-16)21(22,23)24/h2-4,9,11,13H,5-8,10,12H2,1H3,(H,26,29)(H,30,31)/t13-/m1/s1. The molecule has 0 spiro atoms. The quantitative estimate of drug-likeness (QED) is 0.533. The third-order valence-corrected chi connectivity index (χ3v) is 6.24. The lowest BCUT2D eigenvalue weighted by atomic mass is 10.0. The van der Waals surface area contributed by atoms with Crippen molar-refractivity contribution in [1.82, 2.24) is 9.88 Å². The number of carbonyl (C=O) groups excluding carboxylic acids is 2. The molecule has 9 nitrogen and oxygen atoms in total. The summed E-state index contributed by atoms with van der Waals surface area (Å²) in [5, 5.41) is 13.8. The predicted octanol–water partition coefficient (Wildman–Crippen LogP) is 2.80. The first-order chi connectivity index (χ1) is 16.1. The number of amides is 1. The molecule has 34 heavy (non-hydrogen) atoms. The van der Waals surface area contributed by atoms with E-state index in [9.17, 15) is 32.7 Å². The van der Waals surface area contributed by atoms with Crippen LogP contribution in [0, 0.1) is 5.92 Å². The minimum Gasteiger partial charge on any atom is -0.481 e. The lowest BCUT2D eigenvalue weighted by Gasteiger charge is -2.36. The Kier molecular flexibility index (Phi) is 8.10. The summed E-state index contributed by atoms with van der Waals surface area (Å²) in [6.45, 7) is 1.96. The van der Waals surface area contributed by atoms with Crippen molar-refractivity contribution in [1.29, 1.82) is 0 Å². The number of hydrogen-bond acceptors (Lipinski definition) is 8. The number of nitrogens with zero attached hydrogens (tertiary/aromatic N) is 3. The molecular weight excluding hydrogens is 477 g/mol. The summed E-state index contributed by atoms with van der Waals surface area (Å²) >= 11 is 1.10. The molecule has 0 bridgehead atoms. The van der Waals surface area contributed by atoms with Crippen molar-refractivity contribution < 1.29 is 37.4 Å². The van der Waals surface area contributed by atoms with E-state index in [1.807, 2.05) is 9.80 Å². The minimum absolute atomic E-state index is 0.129. The SMILES string of the molecule is COC(=O)c1sccc1NC(=O)C[C@H](CN1CCN(c2ccc(C(F)(F)F)cn2)CC1)C(=O)O. The second-order valence-corrected chi connectivity index (χ2v) is 8.55. The Morgan fingerprint density at radius 1 is 1.21 bits per heavy atom. The number of rotatable bonds is 8. The van der Waals surface area contributed by atoms with E-state index in [-0.39, 0.29) is 23.5 Å². The number of anilines is 2. The third-order valence-electron chi connectivity index (χ3n) is 5.34. The molecule has 1 aliphatic rings. The average molecular weight is 500 g/mol. The van der Waals surface area contributed by atoms with Crippen molar-refractivity contribution in [2.75, 3.05) is 50.1 Å². The Morgan fingerprint density at radius 2 is 1.91 bits per heavy atom. The van der Waals surface area contributed by atoms with Crippen LogP contribution in [0.2, 0.25) is 0 Å². The number of alkyl halides is 3. The van der Waals surface area contributed by atoms with Crippen LogP contribution in [0.1, 0.15) is 21.7 Å². The van der Waals surface area contributed by atoms with Gasteiger partial charge in [0.25, 0.3) is 0 Å². The summed E-state index contributed by atoms with van der Waals surface area (Å²) in [7, 11) is 1.22. The van der Waals surface area contributed by atoms with Crippen LogP contribution in [-0.2, 0) is 20.5 Å². The predicted molar refractivity (Wildman–Crippen MR) is 118 cm³/mol. The molecule has 1 fully saturated rings. The molecule has 2 aromatic heterocycles. The number of carbonyl (C=O) groups is 3. The van der Waals surface area contributed by atoms with Gasteiger partial charge in [-0.25, -0.2) is 9.78 Å². The highest BCUT2D eigenvalue weighted by molar-refractivity contribution is 7.12. The summed E-state index contributed by atoms with van der Waals surface area (Å²) in [5.74, 6) is -2.82. The first-order valence-corrected chi connectivity index (χ1v) is 11.2. The van der Waals surface area contributed by atoms with Crippen LogP contribution < -0.4 is 10.2 Å². The van der Waals surface area contributed by atoms with Gasteiger partial charge in [-0.15, -0.1) is 11.3 Å². The number of carboxylic acid groups (broad SMARTS) is 1. The second-order valence-electron chi connectivity index (χ2n) is 7.63. The van der Waals surface area contributed by atoms with Gasteiger partial charge in [0, 0.05) is 45.3 Å². The van der Waals surface area contributed by atoms with Crippen molar-refractivity contribution >= 4 is 40.7 Å². The van der Waals surface area contributed by atoms with Gasteiger partial charge in [0.15, 0.2) is 0 Å². The summed E-state index contributed by atoms with van der Waals surface area (Å²) < 4.78 is 42.8. The fourth-order valence-electron chi connectivity index (χ4n) is 3.53. The van der Waals surface area contributed by atoms with E-state index >= 15 is 0 Å². The van der Waals surface area contributed by atoms with E-state index in [4.69, 9.17) is 0 Å². The van der Waals surface area contributed by atoms with Gasteiger partial charge in [0.2, 0.25) is 5.91 Å². The molecule has 0 aromatic carbocycles. The maximum absolute atomic E-state index is 12.7. The number of methoxy groups -OCH3 is 1. The number of hydrogen-bond donors (Lipinski definition) is 2. The number of halogens is 3. The maximum Gasteiger partial charge on any atom is 0.417 e. The number of ether oxygens (including phenoxy) is 1. The molecule has 13 heteroatoms. The Morgan fingerprint density at radius 3 is 2.47 bits per heavy atom. The Hall–Kier alpha value is -3.19. The third kappa shape index (κ3) is 6.44. The molecule has 0 saturated carbocycles. The Labute approximate surface area is 197 Å². The topological polar surface area (TPSA) is 112 Å². The highest BCUT2D eigenvalue weighted by Crippen LogP contribution is 2.29. The average Bonchev–Trinajstić information content (AvgIpc) is 3.26. The van der Waals surface area contributed by atoms with Crippen molar-refractivity contribution in [2.24, 2.45) is 5.92 Å². The summed E-state index contributed by atoms with van der Waals surface area (Å²) in [4.78, 5) is 43.7. The molecule has 0 radical (unpaired) electrons. The van der Waals surface area contributed by atoms with E-state index in [0.29, 0.717) is 32.0 Å². The molecule has 184 valence electrons. The van der Waals surface area contributed by atoms with E-state index < -0.39 is 35.5 Å². The van der Waals surface area contributed by atoms with Crippen LogP contribution in [-0.4, -0.2) is 72.7 Å². The lowest BCUT2D eigenvalue weighted by molar-refractivity contribution is -0.144. The van der Waals surface area contributed by atoms with Crippen molar-refractivity contribution in [3.8, 4) is 0 Å². The number of aliphatic carboxylic acids is 1. The molecule has 0 aliphatic carbocycles. The van der Waals surface area contributed by atoms with E-state index in [1.54, 1.807) is 11.4 Å². The number of thiophene rings is 1. The zero-order chi connectivity index (χ0) is 24.9. The molecule has 2 N–H and O–H groups in total. The monoisotopic (exact) mass is 500 g/mol. The van der Waals surface area contributed by atoms with Gasteiger partial charge in [-0.2, -0.15) is 13.2 Å². The minimum atomic E-state index is -4.45. The largest absolute Gasteiger partial charge is 0.481 e. The van der Waals surface area contributed by atoms with E-state index in [0.717, 1.165) is 23.6 Å². The molecule has 1 atom stereocenters. The second kappa shape index (κ2) is 10.8. The van der Waals surface area contributed by atoms with Gasteiger partial charge in [-0.05, 0) is 23.6 Å². The summed E-state index contributed by atoms with van der Waals surface area (Å²) in [6.07, 6.45) is -3.95. The molecule has 2 aromatic rings. The van der Waals surface area contributed by atoms with Crippen LogP contribution in [0.5, 0.6) is 0 Å². The van der Waals surface area contributed by atoms with Gasteiger partial charge in [0.05, 0.1) is 24.3 Å². The van der Waals surface area contributed by atoms with Gasteiger partial charge in [-0.3, -0.25) is 14.5 Å². The Bertz CT molecular complexity index is 1020. The number of esters is 1. The molecule has 3 rings (SSSR count). The number of carboxylic acids is 1. The summed E-state index contributed by atoms with van der Waals surface area (Å²) in [5.41, 5.74) is -0.553. The fourth-order valence-corrected chi connectivity index (χ4v) is 4.29. The number of pyridine rings is 1. The smallest absolute Gasteiger partial charge is 0.417 e. The fraction of sp³-hybridized carbons (Fsp3) is 0.429. The van der Waals surface area contributed by atoms with Crippen molar-refractivity contribution in [3.63, 3.8) is 0 Å². The molecule has 1 saturated heterocycles. The highest BCUT2D eigenvalue weighted by atomic mass is 32.1. The first-order valence-electron chi connectivity index (χ1n) is 10.3. The number of aromatic nitrogens is 1. The highest BCUT2D eigenvalue weighted by Gasteiger charge is 2.31. The maximum atomic E-state index is 12.7. The number of nitrogens with one attached hydrogen (secondary N) is 1. The van der Waals surface area contributed by atoms with Crippen molar-refractivity contribution in [2.45, 2.75) is 12.6 Å². The van der Waals surface area contributed by atoms with Gasteiger partial charge in [0.1, 0.15) is 10.7 Å². The van der Waals surface area contributed by atoms with E-state index in [2.05, 4.69) is 15.0 Å². The van der Waals surface area contributed by atoms with Crippen LogP contribution >= 0.6 is 11.3 Å². The first kappa shape index (κ1) is 25.4. The molecular formula is C21H23F3N4O5S. The van der Waals surface area contributed by atoms with Crippen LogP contribution in [0.15, 0.2) is 29.8 Å². The van der Waals surface area contributed by atoms with Crippen molar-refractivity contribution in [3.05, 3.63) is 40.2 Å². The van der Waals surface area contributed by atoms with Crippen LogP contribution in [0.25, 0.3) is 0 Å².